The first-order valence-electron chi connectivity index (χ1n) is 10.8. The van der Waals surface area contributed by atoms with Crippen LogP contribution in [-0.4, -0.2) is 26.3 Å². The summed E-state index contributed by atoms with van der Waals surface area (Å²) in [4.78, 5) is 13.7. The highest BCUT2D eigenvalue weighted by molar-refractivity contribution is 5.83. The average Bonchev–Trinajstić information content (AvgIpc) is 3.24. The number of para-hydroxylation sites is 1. The zero-order chi connectivity index (χ0) is 21.9. The third-order valence-electron chi connectivity index (χ3n) is 5.96. The number of fused-ring (bicyclic) bond motifs is 2. The van der Waals surface area contributed by atoms with Crippen LogP contribution in [0.2, 0.25) is 0 Å². The molecule has 0 spiro atoms. The summed E-state index contributed by atoms with van der Waals surface area (Å²) in [5, 5.41) is 18.9. The fourth-order valence-corrected chi connectivity index (χ4v) is 4.38. The molecule has 7 heteroatoms. The zero-order valence-corrected chi connectivity index (χ0v) is 17.6. The van der Waals surface area contributed by atoms with Gasteiger partial charge in [-0.25, -0.2) is 10.2 Å². The fraction of sp³-hybridized carbons (Fsp3) is 0.240. The van der Waals surface area contributed by atoms with Crippen LogP contribution in [0.25, 0.3) is 11.0 Å². The van der Waals surface area contributed by atoms with E-state index in [0.29, 0.717) is 23.2 Å². The van der Waals surface area contributed by atoms with Gasteiger partial charge in [0.15, 0.2) is 0 Å². The summed E-state index contributed by atoms with van der Waals surface area (Å²) in [5.74, 6) is 0.303. The van der Waals surface area contributed by atoms with Crippen LogP contribution in [0.4, 0.5) is 4.79 Å². The number of aromatic nitrogens is 3. The lowest BCUT2D eigenvalue weighted by Crippen LogP contribution is -2.25. The smallest absolute Gasteiger partial charge is 0.428 e. The number of benzene rings is 3. The Bertz CT molecular complexity index is 1270. The number of carbonyl (C=O) groups is 1. The summed E-state index contributed by atoms with van der Waals surface area (Å²) in [6.07, 6.45) is 4.23. The van der Waals surface area contributed by atoms with Crippen molar-refractivity contribution in [3.8, 4) is 5.75 Å². The van der Waals surface area contributed by atoms with E-state index in [9.17, 15) is 9.90 Å². The first-order chi connectivity index (χ1) is 15.7. The largest absolute Gasteiger partial charge is 0.508 e. The van der Waals surface area contributed by atoms with Crippen LogP contribution in [0, 0.1) is 0 Å². The van der Waals surface area contributed by atoms with Gasteiger partial charge >= 0.3 is 6.09 Å². The summed E-state index contributed by atoms with van der Waals surface area (Å²) in [7, 11) is 0. The van der Waals surface area contributed by atoms with Gasteiger partial charge in [0.1, 0.15) is 23.4 Å². The molecule has 3 aromatic carbocycles. The number of rotatable bonds is 5. The molecule has 32 heavy (non-hydrogen) atoms. The van der Waals surface area contributed by atoms with E-state index >= 15 is 0 Å². The molecule has 0 unspecified atom stereocenters. The predicted molar refractivity (Wildman–Crippen MR) is 121 cm³/mol. The van der Waals surface area contributed by atoms with E-state index in [1.165, 1.54) is 22.3 Å². The topological polar surface area (TPSA) is 89.3 Å². The monoisotopic (exact) mass is 428 g/mol. The van der Waals surface area contributed by atoms with E-state index in [2.05, 4.69) is 15.7 Å². The van der Waals surface area contributed by atoms with Gasteiger partial charge in [-0.15, -0.1) is 9.89 Å². The Morgan fingerprint density at radius 2 is 1.88 bits per heavy atom. The molecule has 0 atom stereocenters. The van der Waals surface area contributed by atoms with Gasteiger partial charge in [0.05, 0.1) is 0 Å². The number of hydrogen-bond acceptors (Lipinski definition) is 5. The summed E-state index contributed by atoms with van der Waals surface area (Å²) in [6, 6.07) is 19.0. The second-order valence-electron chi connectivity index (χ2n) is 8.04. The standard InChI is InChI=1S/C25H24N4O3/c30-23-14-13-18-9-4-5-11-20(18)21(23)15-19-10-6-12-22-24(19)29(28-26-22)27-25(31)32-16-17-7-2-1-3-8-17/h1-3,6-8,10,12-14,30H,4-5,9,11,15-16H2,(H,27,31). The first kappa shape index (κ1) is 20.1. The van der Waals surface area contributed by atoms with Crippen LogP contribution in [0.3, 0.4) is 0 Å². The van der Waals surface area contributed by atoms with Crippen molar-refractivity contribution in [3.05, 3.63) is 88.5 Å². The summed E-state index contributed by atoms with van der Waals surface area (Å²) >= 11 is 0. The van der Waals surface area contributed by atoms with Gasteiger partial charge in [0.2, 0.25) is 0 Å². The number of hydrogen-bond donors (Lipinski definition) is 2. The highest BCUT2D eigenvalue weighted by Gasteiger charge is 2.19. The molecule has 0 fully saturated rings. The van der Waals surface area contributed by atoms with Gasteiger partial charge in [-0.2, -0.15) is 0 Å². The predicted octanol–water partition coefficient (Wildman–Crippen LogP) is 4.49. The van der Waals surface area contributed by atoms with Gasteiger partial charge in [0.25, 0.3) is 0 Å². The third kappa shape index (κ3) is 4.01. The molecule has 1 heterocycles. The van der Waals surface area contributed by atoms with E-state index in [1.807, 2.05) is 54.6 Å². The quantitative estimate of drug-likeness (QED) is 0.489. The molecule has 7 nitrogen and oxygen atoms in total. The Morgan fingerprint density at radius 3 is 2.75 bits per heavy atom. The van der Waals surface area contributed by atoms with Crippen LogP contribution in [0.5, 0.6) is 5.75 Å². The highest BCUT2D eigenvalue weighted by Crippen LogP contribution is 2.33. The number of phenols is 1. The van der Waals surface area contributed by atoms with Gasteiger partial charge in [-0.3, -0.25) is 0 Å². The minimum Gasteiger partial charge on any atom is -0.508 e. The number of aromatic hydroxyl groups is 1. The molecule has 0 radical (unpaired) electrons. The number of ether oxygens (including phenoxy) is 1. The van der Waals surface area contributed by atoms with Crippen LogP contribution in [0.15, 0.2) is 60.7 Å². The van der Waals surface area contributed by atoms with Crippen molar-refractivity contribution in [1.29, 1.82) is 0 Å². The first-order valence-corrected chi connectivity index (χ1v) is 10.8. The molecule has 0 bridgehead atoms. The van der Waals surface area contributed by atoms with Crippen LogP contribution >= 0.6 is 0 Å². The van der Waals surface area contributed by atoms with Crippen molar-refractivity contribution in [1.82, 2.24) is 15.1 Å². The second kappa shape index (κ2) is 8.70. The number of aryl methyl sites for hydroxylation is 1. The summed E-state index contributed by atoms with van der Waals surface area (Å²) in [6.45, 7) is 0.163. The molecule has 4 aromatic rings. The molecule has 1 aromatic heterocycles. The molecule has 162 valence electrons. The molecular formula is C25H24N4O3. The Balaban J connectivity index is 1.41. The van der Waals surface area contributed by atoms with Crippen molar-refractivity contribution < 1.29 is 14.6 Å². The van der Waals surface area contributed by atoms with Crippen molar-refractivity contribution in [2.45, 2.75) is 38.7 Å². The third-order valence-corrected chi connectivity index (χ3v) is 5.96. The van der Waals surface area contributed by atoms with E-state index < -0.39 is 6.09 Å². The lowest BCUT2D eigenvalue weighted by molar-refractivity contribution is 0.151. The van der Waals surface area contributed by atoms with Gasteiger partial charge in [-0.1, -0.05) is 48.5 Å². The van der Waals surface area contributed by atoms with E-state index in [4.69, 9.17) is 4.74 Å². The van der Waals surface area contributed by atoms with E-state index in [-0.39, 0.29) is 6.61 Å². The minimum absolute atomic E-state index is 0.163. The Hall–Kier alpha value is -3.87. The Labute approximate surface area is 185 Å². The number of phenolic OH excluding ortho intramolecular Hbond substituents is 1. The number of nitrogens with zero attached hydrogens (tertiary/aromatic N) is 3. The minimum atomic E-state index is -0.615. The van der Waals surface area contributed by atoms with Crippen LogP contribution < -0.4 is 5.43 Å². The number of carbonyl (C=O) groups excluding carboxylic acids is 1. The van der Waals surface area contributed by atoms with Crippen molar-refractivity contribution >= 4 is 17.1 Å². The zero-order valence-electron chi connectivity index (χ0n) is 17.6. The lowest BCUT2D eigenvalue weighted by Gasteiger charge is -2.20. The molecular weight excluding hydrogens is 404 g/mol. The fourth-order valence-electron chi connectivity index (χ4n) is 4.38. The van der Waals surface area contributed by atoms with Crippen molar-refractivity contribution in [2.75, 3.05) is 5.43 Å². The molecule has 1 aliphatic carbocycles. The van der Waals surface area contributed by atoms with E-state index in [1.54, 1.807) is 6.07 Å². The Morgan fingerprint density at radius 1 is 1.03 bits per heavy atom. The molecule has 0 saturated heterocycles. The number of amides is 1. The maximum Gasteiger partial charge on any atom is 0.428 e. The molecule has 0 aliphatic heterocycles. The van der Waals surface area contributed by atoms with Gasteiger partial charge in [0, 0.05) is 12.0 Å². The summed E-state index contributed by atoms with van der Waals surface area (Å²) < 4.78 is 5.32. The molecule has 5 rings (SSSR count). The lowest BCUT2D eigenvalue weighted by atomic mass is 9.85. The van der Waals surface area contributed by atoms with Crippen molar-refractivity contribution in [2.24, 2.45) is 0 Å². The normalized spacial score (nSPS) is 13.0. The van der Waals surface area contributed by atoms with Gasteiger partial charge in [-0.05, 0) is 65.3 Å². The van der Waals surface area contributed by atoms with Gasteiger partial charge < -0.3 is 9.84 Å². The summed E-state index contributed by atoms with van der Waals surface area (Å²) in [5.41, 5.74) is 9.32. The molecule has 1 amide bonds. The molecule has 1 aliphatic rings. The van der Waals surface area contributed by atoms with Crippen LogP contribution in [-0.2, 0) is 30.6 Å². The van der Waals surface area contributed by atoms with E-state index in [0.717, 1.165) is 36.0 Å². The maximum absolute atomic E-state index is 12.4. The van der Waals surface area contributed by atoms with Crippen molar-refractivity contribution in [3.63, 3.8) is 0 Å². The highest BCUT2D eigenvalue weighted by atomic mass is 16.6. The average molecular weight is 428 g/mol. The maximum atomic E-state index is 12.4. The molecule has 0 saturated carbocycles. The number of nitrogens with one attached hydrogen (secondary N) is 1. The SMILES string of the molecule is O=C(Nn1nnc2cccc(Cc3c(O)ccc4c3CCCC4)c21)OCc1ccccc1. The second-order valence-corrected chi connectivity index (χ2v) is 8.04. The molecule has 2 N–H and O–H groups in total. The Kier molecular flexibility index (Phi) is 5.46. The van der Waals surface area contributed by atoms with Crippen LogP contribution in [0.1, 0.15) is 40.7 Å².